The van der Waals surface area contributed by atoms with Gasteiger partial charge in [0, 0.05) is 36.1 Å². The Bertz CT molecular complexity index is 778. The largest absolute Gasteiger partial charge is 0.496 e. The van der Waals surface area contributed by atoms with Gasteiger partial charge < -0.3 is 15.2 Å². The molecule has 1 saturated heterocycles. The molecule has 1 unspecified atom stereocenters. The van der Waals surface area contributed by atoms with Crippen molar-refractivity contribution in [3.05, 3.63) is 64.2 Å². The molecule has 26 heavy (non-hydrogen) atoms. The van der Waals surface area contributed by atoms with Gasteiger partial charge in [-0.3, -0.25) is 15.6 Å². The van der Waals surface area contributed by atoms with Gasteiger partial charge in [-0.15, -0.1) is 0 Å². The molecule has 0 aliphatic carbocycles. The smallest absolute Gasteiger partial charge is 0.251 e. The number of hydrazine groups is 1. The lowest BCUT2D eigenvalue weighted by molar-refractivity contribution is 0.0916. The second kappa shape index (κ2) is 8.51. The van der Waals surface area contributed by atoms with Crippen molar-refractivity contribution >= 4 is 17.5 Å². The van der Waals surface area contributed by atoms with Crippen LogP contribution < -0.4 is 20.9 Å². The fourth-order valence-corrected chi connectivity index (χ4v) is 3.19. The minimum atomic E-state index is -0.825. The van der Waals surface area contributed by atoms with E-state index in [1.165, 1.54) is 0 Å². The summed E-state index contributed by atoms with van der Waals surface area (Å²) in [6.45, 7) is 1.72. The SMILES string of the molecule is COc1cc(C(=O)NCC(O)c2cccc(Cl)c2)ccc1C1CNNC1. The molecular weight excluding hydrogens is 354 g/mol. The Labute approximate surface area is 157 Å². The zero-order valence-corrected chi connectivity index (χ0v) is 15.2. The van der Waals surface area contributed by atoms with Gasteiger partial charge in [0.25, 0.3) is 5.91 Å². The molecule has 7 heteroatoms. The van der Waals surface area contributed by atoms with Crippen LogP contribution in [0.1, 0.15) is 33.5 Å². The maximum Gasteiger partial charge on any atom is 0.251 e. The van der Waals surface area contributed by atoms with Crippen LogP contribution in [0.15, 0.2) is 42.5 Å². The van der Waals surface area contributed by atoms with E-state index < -0.39 is 6.10 Å². The fraction of sp³-hybridized carbons (Fsp3) is 0.316. The second-order valence-corrected chi connectivity index (χ2v) is 6.63. The molecule has 1 atom stereocenters. The molecule has 4 N–H and O–H groups in total. The van der Waals surface area contributed by atoms with Crippen LogP contribution in [0.25, 0.3) is 0 Å². The van der Waals surface area contributed by atoms with E-state index in [-0.39, 0.29) is 12.5 Å². The molecule has 0 bridgehead atoms. The number of carbonyl (C=O) groups is 1. The van der Waals surface area contributed by atoms with Gasteiger partial charge in [-0.05, 0) is 35.4 Å². The number of ether oxygens (including phenoxy) is 1. The number of halogens is 1. The number of rotatable bonds is 6. The normalized spacial score (nSPS) is 15.7. The molecule has 3 rings (SSSR count). The first-order valence-corrected chi connectivity index (χ1v) is 8.81. The first-order valence-electron chi connectivity index (χ1n) is 8.44. The van der Waals surface area contributed by atoms with Gasteiger partial charge in [-0.2, -0.15) is 0 Å². The Morgan fingerprint density at radius 3 is 2.77 bits per heavy atom. The molecule has 6 nitrogen and oxygen atoms in total. The molecule has 1 aliphatic rings. The van der Waals surface area contributed by atoms with Gasteiger partial charge in [0.15, 0.2) is 0 Å². The topological polar surface area (TPSA) is 82.6 Å². The van der Waals surface area contributed by atoms with Crippen molar-refractivity contribution < 1.29 is 14.6 Å². The number of aliphatic hydroxyl groups excluding tert-OH is 1. The van der Waals surface area contributed by atoms with Crippen molar-refractivity contribution in [3.8, 4) is 5.75 Å². The molecule has 1 fully saturated rings. The maximum absolute atomic E-state index is 12.4. The van der Waals surface area contributed by atoms with Gasteiger partial charge >= 0.3 is 0 Å². The third-order valence-corrected chi connectivity index (χ3v) is 4.68. The quantitative estimate of drug-likeness (QED) is 0.621. The number of aliphatic hydroxyl groups is 1. The maximum atomic E-state index is 12.4. The van der Waals surface area contributed by atoms with Crippen LogP contribution in [-0.4, -0.2) is 37.8 Å². The van der Waals surface area contributed by atoms with Gasteiger partial charge in [0.05, 0.1) is 13.2 Å². The lowest BCUT2D eigenvalue weighted by Gasteiger charge is -2.16. The number of hydrogen-bond acceptors (Lipinski definition) is 5. The van der Waals surface area contributed by atoms with Gasteiger partial charge in [0.2, 0.25) is 0 Å². The van der Waals surface area contributed by atoms with Crippen LogP contribution >= 0.6 is 11.6 Å². The number of amides is 1. The molecule has 2 aromatic rings. The predicted octanol–water partition coefficient (Wildman–Crippen LogP) is 2.00. The van der Waals surface area contributed by atoms with Crippen LogP contribution in [0.5, 0.6) is 5.75 Å². The van der Waals surface area contributed by atoms with E-state index >= 15 is 0 Å². The average Bonchev–Trinajstić information content (AvgIpc) is 3.19. The number of methoxy groups -OCH3 is 1. The Morgan fingerprint density at radius 2 is 2.08 bits per heavy atom. The second-order valence-electron chi connectivity index (χ2n) is 6.20. The zero-order valence-electron chi connectivity index (χ0n) is 14.5. The molecule has 2 aromatic carbocycles. The molecular formula is C19H22ClN3O3. The lowest BCUT2D eigenvalue weighted by Crippen LogP contribution is -2.28. The third kappa shape index (κ3) is 4.34. The molecule has 0 radical (unpaired) electrons. The van der Waals surface area contributed by atoms with E-state index in [4.69, 9.17) is 16.3 Å². The van der Waals surface area contributed by atoms with Gasteiger partial charge in [-0.25, -0.2) is 0 Å². The Morgan fingerprint density at radius 1 is 1.31 bits per heavy atom. The molecule has 1 aliphatic heterocycles. The molecule has 0 aromatic heterocycles. The number of hydrogen-bond donors (Lipinski definition) is 4. The fourth-order valence-electron chi connectivity index (χ4n) is 3.00. The van der Waals surface area contributed by atoms with Gasteiger partial charge in [-0.1, -0.05) is 29.8 Å². The summed E-state index contributed by atoms with van der Waals surface area (Å²) in [5, 5.41) is 13.5. The summed E-state index contributed by atoms with van der Waals surface area (Å²) in [7, 11) is 1.60. The molecule has 1 amide bonds. The van der Waals surface area contributed by atoms with Crippen LogP contribution in [0.3, 0.4) is 0 Å². The average molecular weight is 376 g/mol. The number of nitrogens with one attached hydrogen (secondary N) is 3. The van der Waals surface area contributed by atoms with E-state index in [9.17, 15) is 9.90 Å². The molecule has 0 spiro atoms. The highest BCUT2D eigenvalue weighted by molar-refractivity contribution is 6.30. The standard InChI is InChI=1S/C19H22ClN3O3/c1-26-18-8-13(5-6-16(18)14-9-22-23-10-14)19(25)21-11-17(24)12-3-2-4-15(20)7-12/h2-8,14,17,22-24H,9-11H2,1H3,(H,21,25). The van der Waals surface area contributed by atoms with Crippen molar-refractivity contribution in [3.63, 3.8) is 0 Å². The highest BCUT2D eigenvalue weighted by Gasteiger charge is 2.21. The van der Waals surface area contributed by atoms with E-state index in [2.05, 4.69) is 16.2 Å². The summed E-state index contributed by atoms with van der Waals surface area (Å²) >= 11 is 5.93. The van der Waals surface area contributed by atoms with Crippen molar-refractivity contribution in [2.24, 2.45) is 0 Å². The summed E-state index contributed by atoms with van der Waals surface area (Å²) < 4.78 is 5.46. The van der Waals surface area contributed by atoms with E-state index in [1.54, 1.807) is 43.5 Å². The molecule has 0 saturated carbocycles. The van der Waals surface area contributed by atoms with E-state index in [0.29, 0.717) is 27.8 Å². The summed E-state index contributed by atoms with van der Waals surface area (Å²) in [5.74, 6) is 0.717. The summed E-state index contributed by atoms with van der Waals surface area (Å²) in [4.78, 5) is 12.4. The third-order valence-electron chi connectivity index (χ3n) is 4.45. The van der Waals surface area contributed by atoms with Crippen molar-refractivity contribution in [1.29, 1.82) is 0 Å². The molecule has 1 heterocycles. The Balaban J connectivity index is 1.65. The highest BCUT2D eigenvalue weighted by atomic mass is 35.5. The van der Waals surface area contributed by atoms with Crippen LogP contribution in [0.4, 0.5) is 0 Å². The monoisotopic (exact) mass is 375 g/mol. The lowest BCUT2D eigenvalue weighted by atomic mass is 9.97. The van der Waals surface area contributed by atoms with Crippen molar-refractivity contribution in [1.82, 2.24) is 16.2 Å². The number of benzene rings is 2. The van der Waals surface area contributed by atoms with Gasteiger partial charge in [0.1, 0.15) is 5.75 Å². The minimum absolute atomic E-state index is 0.0969. The predicted molar refractivity (Wildman–Crippen MR) is 100 cm³/mol. The highest BCUT2D eigenvalue weighted by Crippen LogP contribution is 2.28. The Kier molecular flexibility index (Phi) is 6.11. The van der Waals surface area contributed by atoms with Crippen LogP contribution in [0, 0.1) is 0 Å². The summed E-state index contributed by atoms with van der Waals surface area (Å²) in [6, 6.07) is 12.4. The van der Waals surface area contributed by atoms with Crippen molar-refractivity contribution in [2.75, 3.05) is 26.7 Å². The van der Waals surface area contributed by atoms with Crippen LogP contribution in [-0.2, 0) is 0 Å². The Hall–Kier alpha value is -2.12. The van der Waals surface area contributed by atoms with E-state index in [0.717, 1.165) is 18.7 Å². The number of carbonyl (C=O) groups excluding carboxylic acids is 1. The van der Waals surface area contributed by atoms with Crippen molar-refractivity contribution in [2.45, 2.75) is 12.0 Å². The van der Waals surface area contributed by atoms with Crippen LogP contribution in [0.2, 0.25) is 5.02 Å². The summed E-state index contributed by atoms with van der Waals surface area (Å²) in [5.41, 5.74) is 8.38. The molecule has 138 valence electrons. The minimum Gasteiger partial charge on any atom is -0.496 e. The first-order chi connectivity index (χ1) is 12.6. The summed E-state index contributed by atoms with van der Waals surface area (Å²) in [6.07, 6.45) is -0.825. The van der Waals surface area contributed by atoms with E-state index in [1.807, 2.05) is 6.07 Å². The first kappa shape index (κ1) is 18.7. The zero-order chi connectivity index (χ0) is 18.5.